The molecule has 0 aliphatic heterocycles. The largest absolute Gasteiger partial charge is 0.456 e. The molecule has 8 nitrogen and oxygen atoms in total. The third-order valence-corrected chi connectivity index (χ3v) is 3.54. The van der Waals surface area contributed by atoms with Crippen LogP contribution in [0.4, 0.5) is 0 Å². The number of rotatable bonds is 8. The molecule has 0 fully saturated rings. The van der Waals surface area contributed by atoms with Crippen LogP contribution >= 0.6 is 11.3 Å². The minimum Gasteiger partial charge on any atom is -0.456 e. The van der Waals surface area contributed by atoms with Crippen molar-refractivity contribution >= 4 is 23.2 Å². The molecule has 0 unspecified atom stereocenters. The van der Waals surface area contributed by atoms with Crippen molar-refractivity contribution in [2.75, 3.05) is 13.2 Å². The zero-order valence-electron chi connectivity index (χ0n) is 12.2. The number of hydrogen-bond donors (Lipinski definition) is 1. The molecule has 0 aliphatic rings. The number of amides is 1. The first-order valence-electron chi connectivity index (χ1n) is 6.85. The van der Waals surface area contributed by atoms with Crippen molar-refractivity contribution in [1.82, 2.24) is 15.5 Å². The van der Waals surface area contributed by atoms with Gasteiger partial charge in [-0.1, -0.05) is 11.2 Å². The number of nitriles is 1. The summed E-state index contributed by atoms with van der Waals surface area (Å²) in [6.45, 7) is -0.130. The van der Waals surface area contributed by atoms with E-state index in [1.807, 2.05) is 23.6 Å². The van der Waals surface area contributed by atoms with E-state index in [1.54, 1.807) is 0 Å². The highest BCUT2D eigenvalue weighted by atomic mass is 32.1. The minimum absolute atomic E-state index is 0.0392. The van der Waals surface area contributed by atoms with Gasteiger partial charge >= 0.3 is 5.97 Å². The molecule has 0 aromatic carbocycles. The fourth-order valence-corrected chi connectivity index (χ4v) is 2.25. The Bertz CT molecular complexity index is 690. The molecule has 0 radical (unpaired) electrons. The number of esters is 1. The zero-order chi connectivity index (χ0) is 16.5. The lowest BCUT2D eigenvalue weighted by atomic mass is 10.3. The van der Waals surface area contributed by atoms with Gasteiger partial charge in [0.2, 0.25) is 11.7 Å². The zero-order valence-corrected chi connectivity index (χ0v) is 13.0. The number of aromatic nitrogens is 2. The topological polar surface area (TPSA) is 118 Å². The number of nitrogens with one attached hydrogen (secondary N) is 1. The van der Waals surface area contributed by atoms with E-state index in [1.165, 1.54) is 11.3 Å². The highest BCUT2D eigenvalue weighted by Crippen LogP contribution is 2.21. The van der Waals surface area contributed by atoms with Gasteiger partial charge in [0.05, 0.1) is 23.8 Å². The van der Waals surface area contributed by atoms with E-state index >= 15 is 0 Å². The fraction of sp³-hybridized carbons (Fsp3) is 0.357. The number of carbonyl (C=O) groups excluding carboxylic acids is 2. The number of thiophene rings is 1. The Kier molecular flexibility index (Phi) is 6.26. The summed E-state index contributed by atoms with van der Waals surface area (Å²) in [6.07, 6.45) is 0.494. The molecule has 0 saturated heterocycles. The summed E-state index contributed by atoms with van der Waals surface area (Å²) < 4.78 is 9.87. The lowest BCUT2D eigenvalue weighted by Crippen LogP contribution is -2.29. The second-order valence-electron chi connectivity index (χ2n) is 4.41. The summed E-state index contributed by atoms with van der Waals surface area (Å²) in [6, 6.07) is 5.65. The average Bonchev–Trinajstić information content (AvgIpc) is 3.22. The molecule has 0 aliphatic carbocycles. The molecule has 2 rings (SSSR count). The van der Waals surface area contributed by atoms with Crippen molar-refractivity contribution in [3.8, 4) is 16.8 Å². The highest BCUT2D eigenvalue weighted by Gasteiger charge is 2.12. The van der Waals surface area contributed by atoms with Crippen LogP contribution in [0.15, 0.2) is 22.0 Å². The molecule has 2 heterocycles. The first-order valence-corrected chi connectivity index (χ1v) is 7.72. The Balaban J connectivity index is 1.68. The maximum atomic E-state index is 11.5. The molecule has 0 atom stereocenters. The van der Waals surface area contributed by atoms with Crippen LogP contribution in [0.25, 0.3) is 10.7 Å². The van der Waals surface area contributed by atoms with Crippen LogP contribution in [0.3, 0.4) is 0 Å². The number of nitrogens with zero attached hydrogens (tertiary/aromatic N) is 3. The second kappa shape index (κ2) is 8.65. The van der Waals surface area contributed by atoms with E-state index in [4.69, 9.17) is 14.5 Å². The van der Waals surface area contributed by atoms with Crippen molar-refractivity contribution in [2.24, 2.45) is 0 Å². The Morgan fingerprint density at radius 3 is 3.09 bits per heavy atom. The number of aryl methyl sites for hydroxylation is 1. The van der Waals surface area contributed by atoms with E-state index < -0.39 is 11.9 Å². The van der Waals surface area contributed by atoms with E-state index in [2.05, 4.69) is 15.5 Å². The van der Waals surface area contributed by atoms with Crippen molar-refractivity contribution in [3.05, 3.63) is 23.4 Å². The minimum atomic E-state index is -0.531. The van der Waals surface area contributed by atoms with Crippen molar-refractivity contribution in [1.29, 1.82) is 5.26 Å². The predicted octanol–water partition coefficient (Wildman–Crippen LogP) is 1.30. The van der Waals surface area contributed by atoms with Gasteiger partial charge in [-0.2, -0.15) is 10.2 Å². The molecule has 9 heteroatoms. The molecule has 1 amide bonds. The van der Waals surface area contributed by atoms with Gasteiger partial charge < -0.3 is 14.6 Å². The van der Waals surface area contributed by atoms with Crippen LogP contribution in [-0.4, -0.2) is 35.2 Å². The molecule has 0 saturated carbocycles. The molecule has 2 aromatic heterocycles. The third-order valence-electron chi connectivity index (χ3n) is 2.68. The number of ether oxygens (including phenoxy) is 1. The van der Waals surface area contributed by atoms with Crippen molar-refractivity contribution in [2.45, 2.75) is 19.3 Å². The SMILES string of the molecule is N#CCCNC(=O)COC(=O)CCc1nc(-c2cccs2)no1. The van der Waals surface area contributed by atoms with Crippen LogP contribution in [0.1, 0.15) is 18.7 Å². The Hall–Kier alpha value is -2.73. The predicted molar refractivity (Wildman–Crippen MR) is 80.1 cm³/mol. The monoisotopic (exact) mass is 334 g/mol. The normalized spacial score (nSPS) is 10.0. The molecule has 1 N–H and O–H groups in total. The van der Waals surface area contributed by atoms with Crippen molar-refractivity contribution in [3.63, 3.8) is 0 Å². The summed E-state index contributed by atoms with van der Waals surface area (Å²) in [4.78, 5) is 27.9. The first kappa shape index (κ1) is 16.6. The second-order valence-corrected chi connectivity index (χ2v) is 5.36. The lowest BCUT2D eigenvalue weighted by Gasteiger charge is -2.04. The molecule has 0 bridgehead atoms. The maximum absolute atomic E-state index is 11.5. The third kappa shape index (κ3) is 5.52. The number of carbonyl (C=O) groups is 2. The maximum Gasteiger partial charge on any atom is 0.306 e. The lowest BCUT2D eigenvalue weighted by molar-refractivity contribution is -0.148. The van der Waals surface area contributed by atoms with Gasteiger partial charge in [-0.05, 0) is 11.4 Å². The van der Waals surface area contributed by atoms with Crippen LogP contribution in [0, 0.1) is 11.3 Å². The molecule has 0 spiro atoms. The molecule has 2 aromatic rings. The summed E-state index contributed by atoms with van der Waals surface area (Å²) in [5, 5.41) is 16.5. The highest BCUT2D eigenvalue weighted by molar-refractivity contribution is 7.13. The van der Waals surface area contributed by atoms with Crippen molar-refractivity contribution < 1.29 is 18.8 Å². The van der Waals surface area contributed by atoms with Gasteiger partial charge in [0.15, 0.2) is 6.61 Å². The van der Waals surface area contributed by atoms with Gasteiger partial charge in [0.25, 0.3) is 5.91 Å². The van der Waals surface area contributed by atoms with Crippen LogP contribution in [0.5, 0.6) is 0 Å². The van der Waals surface area contributed by atoms with Crippen LogP contribution in [-0.2, 0) is 20.7 Å². The van der Waals surface area contributed by atoms with E-state index in [-0.39, 0.29) is 32.4 Å². The van der Waals surface area contributed by atoms with Crippen LogP contribution < -0.4 is 5.32 Å². The summed E-state index contributed by atoms with van der Waals surface area (Å²) in [5.41, 5.74) is 0. The molecule has 23 heavy (non-hydrogen) atoms. The van der Waals surface area contributed by atoms with Gasteiger partial charge in [0.1, 0.15) is 0 Å². The van der Waals surface area contributed by atoms with Gasteiger partial charge in [0, 0.05) is 13.0 Å². The smallest absolute Gasteiger partial charge is 0.306 e. The van der Waals surface area contributed by atoms with E-state index in [0.717, 1.165) is 4.88 Å². The first-order chi connectivity index (χ1) is 11.2. The van der Waals surface area contributed by atoms with Gasteiger partial charge in [-0.25, -0.2) is 0 Å². The number of hydrogen-bond acceptors (Lipinski definition) is 8. The van der Waals surface area contributed by atoms with E-state index in [9.17, 15) is 9.59 Å². The van der Waals surface area contributed by atoms with E-state index in [0.29, 0.717) is 11.7 Å². The van der Waals surface area contributed by atoms with Gasteiger partial charge in [-0.3, -0.25) is 9.59 Å². The molecular weight excluding hydrogens is 320 g/mol. The quantitative estimate of drug-likeness (QED) is 0.571. The Labute approximate surface area is 136 Å². The summed E-state index contributed by atoms with van der Waals surface area (Å²) >= 11 is 1.49. The van der Waals surface area contributed by atoms with Crippen LogP contribution in [0.2, 0.25) is 0 Å². The van der Waals surface area contributed by atoms with Gasteiger partial charge in [-0.15, -0.1) is 11.3 Å². The summed E-state index contributed by atoms with van der Waals surface area (Å²) in [7, 11) is 0. The molecular formula is C14H14N4O4S. The fourth-order valence-electron chi connectivity index (χ4n) is 1.60. The standard InChI is InChI=1S/C14H14N4O4S/c15-6-2-7-16-11(19)9-21-13(20)5-4-12-17-14(18-22-12)10-3-1-8-23-10/h1,3,8H,2,4-5,7,9H2,(H,16,19). The Morgan fingerprint density at radius 2 is 2.35 bits per heavy atom. The molecule has 120 valence electrons. The average molecular weight is 334 g/mol. The summed E-state index contributed by atoms with van der Waals surface area (Å²) in [5.74, 6) is -0.147. The Morgan fingerprint density at radius 1 is 1.48 bits per heavy atom.